The van der Waals surface area contributed by atoms with Crippen LogP contribution in [0.5, 0.6) is 11.5 Å². The molecular weight excluding hydrogens is 276 g/mol. The molecule has 2 aromatic rings. The third kappa shape index (κ3) is 3.36. The average molecular weight is 290 g/mol. The van der Waals surface area contributed by atoms with Crippen LogP contribution in [0.25, 0.3) is 0 Å². The van der Waals surface area contributed by atoms with Crippen LogP contribution < -0.4 is 14.9 Å². The van der Waals surface area contributed by atoms with E-state index in [1.807, 2.05) is 16.8 Å². The van der Waals surface area contributed by atoms with E-state index in [1.165, 1.54) is 7.11 Å². The third-order valence-corrected chi connectivity index (χ3v) is 3.27. The Labute approximate surface area is 120 Å². The Bertz CT molecular complexity index is 609. The van der Waals surface area contributed by atoms with Gasteiger partial charge in [0.25, 0.3) is 5.91 Å². The molecule has 1 amide bonds. The lowest BCUT2D eigenvalue weighted by Gasteiger charge is -2.08. The minimum atomic E-state index is -0.308. The minimum Gasteiger partial charge on any atom is -0.493 e. The van der Waals surface area contributed by atoms with E-state index in [4.69, 9.17) is 9.47 Å². The third-order valence-electron chi connectivity index (χ3n) is 2.57. The molecule has 104 valence electrons. The molecule has 0 aliphatic heterocycles. The first kappa shape index (κ1) is 14.1. The summed E-state index contributed by atoms with van der Waals surface area (Å²) >= 11 is 1.57. The zero-order valence-corrected chi connectivity index (χ0v) is 11.9. The van der Waals surface area contributed by atoms with Crippen molar-refractivity contribution < 1.29 is 14.3 Å². The van der Waals surface area contributed by atoms with Crippen LogP contribution in [-0.2, 0) is 0 Å². The fraction of sp³-hybridized carbons (Fsp3) is 0.143. The smallest absolute Gasteiger partial charge is 0.271 e. The van der Waals surface area contributed by atoms with Crippen LogP contribution in [0, 0.1) is 0 Å². The fourth-order valence-corrected chi connectivity index (χ4v) is 2.17. The maximum atomic E-state index is 11.9. The number of amides is 1. The van der Waals surface area contributed by atoms with Gasteiger partial charge in [0.2, 0.25) is 0 Å². The topological polar surface area (TPSA) is 59.9 Å². The molecule has 0 saturated carbocycles. The van der Waals surface area contributed by atoms with Crippen LogP contribution in [0.3, 0.4) is 0 Å². The van der Waals surface area contributed by atoms with Crippen molar-refractivity contribution in [2.45, 2.75) is 0 Å². The predicted molar refractivity (Wildman–Crippen MR) is 78.9 cm³/mol. The van der Waals surface area contributed by atoms with Gasteiger partial charge in [-0.15, -0.1) is 0 Å². The highest BCUT2D eigenvalue weighted by Crippen LogP contribution is 2.27. The summed E-state index contributed by atoms with van der Waals surface area (Å²) in [5.74, 6) is 0.769. The van der Waals surface area contributed by atoms with E-state index in [9.17, 15) is 4.79 Å². The zero-order chi connectivity index (χ0) is 14.4. The normalized spacial score (nSPS) is 10.5. The number of thiophene rings is 1. The Morgan fingerprint density at radius 1 is 1.25 bits per heavy atom. The Balaban J connectivity index is 2.05. The highest BCUT2D eigenvalue weighted by molar-refractivity contribution is 7.08. The average Bonchev–Trinajstić information content (AvgIpc) is 2.99. The number of carbonyl (C=O) groups excluding carboxylic acids is 1. The molecule has 0 atom stereocenters. The predicted octanol–water partition coefficient (Wildman–Crippen LogP) is 2.53. The van der Waals surface area contributed by atoms with Gasteiger partial charge in [-0.25, -0.2) is 5.43 Å². The van der Waals surface area contributed by atoms with Gasteiger partial charge in [-0.2, -0.15) is 16.4 Å². The molecule has 2 rings (SSSR count). The molecule has 20 heavy (non-hydrogen) atoms. The molecular formula is C14H14N2O3S. The van der Waals surface area contributed by atoms with Gasteiger partial charge in [-0.3, -0.25) is 4.79 Å². The maximum Gasteiger partial charge on any atom is 0.271 e. The number of carbonyl (C=O) groups is 1. The van der Waals surface area contributed by atoms with Crippen molar-refractivity contribution >= 4 is 23.5 Å². The summed E-state index contributed by atoms with van der Waals surface area (Å²) in [6.07, 6.45) is 1.59. The van der Waals surface area contributed by atoms with Crippen LogP contribution in [-0.4, -0.2) is 26.3 Å². The van der Waals surface area contributed by atoms with E-state index in [1.54, 1.807) is 42.9 Å². The summed E-state index contributed by atoms with van der Waals surface area (Å²) in [5, 5.41) is 7.78. The molecule has 1 aromatic heterocycles. The summed E-state index contributed by atoms with van der Waals surface area (Å²) in [6.45, 7) is 0. The van der Waals surface area contributed by atoms with E-state index in [0.717, 1.165) is 5.56 Å². The van der Waals surface area contributed by atoms with Crippen LogP contribution >= 0.6 is 11.3 Å². The largest absolute Gasteiger partial charge is 0.493 e. The first-order valence-electron chi connectivity index (χ1n) is 5.82. The fourth-order valence-electron chi connectivity index (χ4n) is 1.56. The maximum absolute atomic E-state index is 11.9. The van der Waals surface area contributed by atoms with Gasteiger partial charge >= 0.3 is 0 Å². The van der Waals surface area contributed by atoms with Crippen molar-refractivity contribution in [2.75, 3.05) is 14.2 Å². The second-order valence-corrected chi connectivity index (χ2v) is 4.61. The van der Waals surface area contributed by atoms with Crippen molar-refractivity contribution in [3.8, 4) is 11.5 Å². The Morgan fingerprint density at radius 3 is 2.70 bits per heavy atom. The van der Waals surface area contributed by atoms with E-state index >= 15 is 0 Å². The monoisotopic (exact) mass is 290 g/mol. The Morgan fingerprint density at radius 2 is 2.05 bits per heavy atom. The molecule has 0 aliphatic rings. The molecule has 6 heteroatoms. The molecule has 1 N–H and O–H groups in total. The molecule has 0 bridgehead atoms. The van der Waals surface area contributed by atoms with Gasteiger partial charge in [0.05, 0.1) is 20.4 Å². The van der Waals surface area contributed by atoms with E-state index in [-0.39, 0.29) is 5.91 Å². The van der Waals surface area contributed by atoms with Crippen molar-refractivity contribution in [3.05, 3.63) is 46.2 Å². The van der Waals surface area contributed by atoms with Crippen LogP contribution in [0.1, 0.15) is 15.9 Å². The summed E-state index contributed by atoms with van der Waals surface area (Å²) < 4.78 is 10.3. The van der Waals surface area contributed by atoms with Gasteiger partial charge in [-0.1, -0.05) is 0 Å². The minimum absolute atomic E-state index is 0.308. The lowest BCUT2D eigenvalue weighted by molar-refractivity contribution is 0.0954. The number of hydrazone groups is 1. The second-order valence-electron chi connectivity index (χ2n) is 3.83. The quantitative estimate of drug-likeness (QED) is 0.680. The molecule has 0 aliphatic carbocycles. The number of hydrogen-bond acceptors (Lipinski definition) is 5. The summed E-state index contributed by atoms with van der Waals surface area (Å²) in [7, 11) is 3.07. The molecule has 0 radical (unpaired) electrons. The molecule has 5 nitrogen and oxygen atoms in total. The molecule has 0 spiro atoms. The molecule has 0 unspecified atom stereocenters. The van der Waals surface area contributed by atoms with Gasteiger partial charge in [0.15, 0.2) is 11.5 Å². The van der Waals surface area contributed by atoms with E-state index in [0.29, 0.717) is 17.1 Å². The number of nitrogens with zero attached hydrogens (tertiary/aromatic N) is 1. The first-order valence-corrected chi connectivity index (χ1v) is 6.76. The van der Waals surface area contributed by atoms with Crippen molar-refractivity contribution in [1.82, 2.24) is 5.43 Å². The van der Waals surface area contributed by atoms with Crippen molar-refractivity contribution in [2.24, 2.45) is 5.10 Å². The lowest BCUT2D eigenvalue weighted by atomic mass is 10.2. The standard InChI is InChI=1S/C14H14N2O3S/c1-18-12-4-3-11(7-13(12)19-2)14(17)16-15-8-10-5-6-20-9-10/h3-9H,1-2H3,(H,16,17)/b15-8+. The summed E-state index contributed by atoms with van der Waals surface area (Å²) in [6, 6.07) is 6.85. The SMILES string of the molecule is COc1ccc(C(=O)N/N=C/c2ccsc2)cc1OC. The van der Waals surface area contributed by atoms with Crippen LogP contribution in [0.15, 0.2) is 40.1 Å². The first-order chi connectivity index (χ1) is 9.74. The Hall–Kier alpha value is -2.34. The van der Waals surface area contributed by atoms with Crippen molar-refractivity contribution in [3.63, 3.8) is 0 Å². The van der Waals surface area contributed by atoms with Crippen molar-refractivity contribution in [1.29, 1.82) is 0 Å². The highest BCUT2D eigenvalue weighted by Gasteiger charge is 2.09. The number of ether oxygens (including phenoxy) is 2. The van der Waals surface area contributed by atoms with E-state index in [2.05, 4.69) is 10.5 Å². The Kier molecular flexibility index (Phi) is 4.73. The van der Waals surface area contributed by atoms with Gasteiger partial charge in [0, 0.05) is 11.1 Å². The molecule has 0 saturated heterocycles. The van der Waals surface area contributed by atoms with Gasteiger partial charge in [0.1, 0.15) is 0 Å². The molecule has 0 fully saturated rings. The number of methoxy groups -OCH3 is 2. The highest BCUT2D eigenvalue weighted by atomic mass is 32.1. The number of nitrogens with one attached hydrogen (secondary N) is 1. The second kappa shape index (κ2) is 6.72. The summed E-state index contributed by atoms with van der Waals surface area (Å²) in [4.78, 5) is 11.9. The number of hydrogen-bond donors (Lipinski definition) is 1. The zero-order valence-electron chi connectivity index (χ0n) is 11.1. The molecule has 1 aromatic carbocycles. The van der Waals surface area contributed by atoms with Crippen LogP contribution in [0.2, 0.25) is 0 Å². The van der Waals surface area contributed by atoms with E-state index < -0.39 is 0 Å². The van der Waals surface area contributed by atoms with Gasteiger partial charge < -0.3 is 9.47 Å². The van der Waals surface area contributed by atoms with Crippen LogP contribution in [0.4, 0.5) is 0 Å². The molecule has 1 heterocycles. The lowest BCUT2D eigenvalue weighted by Crippen LogP contribution is -2.17. The number of rotatable bonds is 5. The number of benzene rings is 1. The van der Waals surface area contributed by atoms with Gasteiger partial charge in [-0.05, 0) is 35.0 Å². The summed E-state index contributed by atoms with van der Waals surface area (Å²) in [5.41, 5.74) is 3.86.